The van der Waals surface area contributed by atoms with Crippen LogP contribution in [0.3, 0.4) is 0 Å². The number of rotatable bonds is 4. The van der Waals surface area contributed by atoms with Gasteiger partial charge in [-0.05, 0) is 38.2 Å². The summed E-state index contributed by atoms with van der Waals surface area (Å²) in [6.07, 6.45) is 6.33. The van der Waals surface area contributed by atoms with Crippen LogP contribution in [0.15, 0.2) is 24.3 Å². The summed E-state index contributed by atoms with van der Waals surface area (Å²) in [6, 6.07) is 8.25. The van der Waals surface area contributed by atoms with Crippen molar-refractivity contribution in [2.24, 2.45) is 11.7 Å². The zero-order valence-corrected chi connectivity index (χ0v) is 15.1. The van der Waals surface area contributed by atoms with E-state index in [2.05, 4.69) is 36.5 Å². The van der Waals surface area contributed by atoms with E-state index in [1.165, 1.54) is 24.0 Å². The van der Waals surface area contributed by atoms with Gasteiger partial charge in [-0.3, -0.25) is 4.79 Å². The fraction of sp³-hybridized carbons (Fsp3) is 0.600. The molecule has 1 saturated heterocycles. The van der Waals surface area contributed by atoms with E-state index in [9.17, 15) is 9.59 Å². The number of likely N-dealkylation sites (tertiary alicyclic amines) is 1. The van der Waals surface area contributed by atoms with Gasteiger partial charge in [0, 0.05) is 25.0 Å². The van der Waals surface area contributed by atoms with Gasteiger partial charge in [-0.25, -0.2) is 4.79 Å². The van der Waals surface area contributed by atoms with Gasteiger partial charge in [0.2, 0.25) is 5.91 Å². The molecule has 1 aromatic carbocycles. The molecule has 2 aliphatic rings. The molecule has 0 aromatic heterocycles. The third-order valence-electron chi connectivity index (χ3n) is 5.90. The maximum absolute atomic E-state index is 12.7. The number of nitrogens with zero attached hydrogens (tertiary/aromatic N) is 1. The Balaban J connectivity index is 1.66. The van der Waals surface area contributed by atoms with E-state index in [-0.39, 0.29) is 17.2 Å². The summed E-state index contributed by atoms with van der Waals surface area (Å²) >= 11 is 0. The summed E-state index contributed by atoms with van der Waals surface area (Å²) in [4.78, 5) is 25.6. The van der Waals surface area contributed by atoms with Crippen LogP contribution in [0.4, 0.5) is 4.79 Å². The van der Waals surface area contributed by atoms with Crippen molar-refractivity contribution in [2.75, 3.05) is 19.6 Å². The average Bonchev–Trinajstić information content (AvgIpc) is 3.10. The third kappa shape index (κ3) is 3.97. The second-order valence-corrected chi connectivity index (χ2v) is 7.70. The summed E-state index contributed by atoms with van der Waals surface area (Å²) in [5.41, 5.74) is 8.03. The van der Waals surface area contributed by atoms with Gasteiger partial charge in [-0.1, -0.05) is 42.7 Å². The number of benzene rings is 1. The van der Waals surface area contributed by atoms with E-state index in [4.69, 9.17) is 5.73 Å². The Labute approximate surface area is 150 Å². The second kappa shape index (κ2) is 7.46. The van der Waals surface area contributed by atoms with Gasteiger partial charge in [-0.2, -0.15) is 0 Å². The predicted molar refractivity (Wildman–Crippen MR) is 98.2 cm³/mol. The van der Waals surface area contributed by atoms with Crippen molar-refractivity contribution in [1.29, 1.82) is 0 Å². The zero-order valence-electron chi connectivity index (χ0n) is 15.1. The first-order valence-corrected chi connectivity index (χ1v) is 9.39. The first-order chi connectivity index (χ1) is 12.0. The summed E-state index contributed by atoms with van der Waals surface area (Å²) in [5.74, 6) is -0.0814. The molecule has 136 valence electrons. The molecule has 25 heavy (non-hydrogen) atoms. The van der Waals surface area contributed by atoms with Crippen molar-refractivity contribution in [1.82, 2.24) is 10.2 Å². The monoisotopic (exact) mass is 343 g/mol. The average molecular weight is 343 g/mol. The van der Waals surface area contributed by atoms with Crippen LogP contribution in [-0.4, -0.2) is 36.5 Å². The SMILES string of the molecule is Cc1cccc(C2(CNC(=O)C3CCCN(C(N)=O)C3)CCCC2)c1. The Bertz CT molecular complexity index is 638. The molecule has 5 nitrogen and oxygen atoms in total. The van der Waals surface area contributed by atoms with Gasteiger partial charge >= 0.3 is 6.03 Å². The lowest BCUT2D eigenvalue weighted by atomic mass is 9.78. The number of primary amides is 1. The standard InChI is InChI=1S/C20H29N3O2/c1-15-6-4-8-17(12-15)20(9-2-3-10-20)14-22-18(24)16-7-5-11-23(13-16)19(21)25/h4,6,8,12,16H,2-3,5,7,9-11,13-14H2,1H3,(H2,21,25)(H,22,24). The van der Waals surface area contributed by atoms with E-state index < -0.39 is 6.03 Å². The molecule has 0 radical (unpaired) electrons. The molecular formula is C20H29N3O2. The maximum Gasteiger partial charge on any atom is 0.314 e. The van der Waals surface area contributed by atoms with Crippen molar-refractivity contribution in [3.05, 3.63) is 35.4 Å². The Kier molecular flexibility index (Phi) is 5.30. The lowest BCUT2D eigenvalue weighted by Gasteiger charge is -2.33. The third-order valence-corrected chi connectivity index (χ3v) is 5.90. The van der Waals surface area contributed by atoms with E-state index in [0.29, 0.717) is 19.6 Å². The molecular weight excluding hydrogens is 314 g/mol. The molecule has 3 amide bonds. The summed E-state index contributed by atoms with van der Waals surface area (Å²) in [6.45, 7) is 3.90. The fourth-order valence-corrected chi connectivity index (χ4v) is 4.39. The molecule has 1 heterocycles. The summed E-state index contributed by atoms with van der Waals surface area (Å²) in [7, 11) is 0. The van der Waals surface area contributed by atoms with Gasteiger partial charge in [0.25, 0.3) is 0 Å². The number of piperidine rings is 1. The molecule has 5 heteroatoms. The van der Waals surface area contributed by atoms with Crippen LogP contribution in [0.5, 0.6) is 0 Å². The molecule has 1 atom stereocenters. The minimum Gasteiger partial charge on any atom is -0.355 e. The highest BCUT2D eigenvalue weighted by Crippen LogP contribution is 2.41. The van der Waals surface area contributed by atoms with Gasteiger partial charge in [0.1, 0.15) is 0 Å². The first kappa shape index (κ1) is 17.8. The summed E-state index contributed by atoms with van der Waals surface area (Å²) < 4.78 is 0. The topological polar surface area (TPSA) is 75.4 Å². The molecule has 0 bridgehead atoms. The number of carbonyl (C=O) groups is 2. The highest BCUT2D eigenvalue weighted by Gasteiger charge is 2.37. The van der Waals surface area contributed by atoms with Crippen LogP contribution in [0, 0.1) is 12.8 Å². The van der Waals surface area contributed by atoms with Crippen molar-refractivity contribution in [2.45, 2.75) is 50.9 Å². The molecule has 1 saturated carbocycles. The number of carbonyl (C=O) groups excluding carboxylic acids is 2. The van der Waals surface area contributed by atoms with Gasteiger partial charge in [-0.15, -0.1) is 0 Å². The van der Waals surface area contributed by atoms with E-state index in [1.807, 2.05) is 0 Å². The number of nitrogens with one attached hydrogen (secondary N) is 1. The number of hydrogen-bond acceptors (Lipinski definition) is 2. The van der Waals surface area contributed by atoms with Gasteiger partial charge in [0.15, 0.2) is 0 Å². The van der Waals surface area contributed by atoms with Gasteiger partial charge in [0.05, 0.1) is 5.92 Å². The number of nitrogens with two attached hydrogens (primary N) is 1. The van der Waals surface area contributed by atoms with Crippen molar-refractivity contribution in [3.8, 4) is 0 Å². The lowest BCUT2D eigenvalue weighted by Crippen LogP contribution is -2.49. The molecule has 2 fully saturated rings. The first-order valence-electron chi connectivity index (χ1n) is 9.39. The normalized spacial score (nSPS) is 22.6. The molecule has 3 N–H and O–H groups in total. The Hall–Kier alpha value is -2.04. The molecule has 0 spiro atoms. The number of urea groups is 1. The van der Waals surface area contributed by atoms with Crippen molar-refractivity contribution < 1.29 is 9.59 Å². The number of hydrogen-bond donors (Lipinski definition) is 2. The minimum atomic E-state index is -0.426. The summed E-state index contributed by atoms with van der Waals surface area (Å²) in [5, 5.41) is 3.19. The number of amides is 3. The lowest BCUT2D eigenvalue weighted by molar-refractivity contribution is -0.126. The second-order valence-electron chi connectivity index (χ2n) is 7.70. The number of aryl methyl sites for hydroxylation is 1. The van der Waals surface area contributed by atoms with Crippen molar-refractivity contribution >= 4 is 11.9 Å². The van der Waals surface area contributed by atoms with E-state index in [1.54, 1.807) is 4.90 Å². The largest absolute Gasteiger partial charge is 0.355 e. The van der Waals surface area contributed by atoms with Crippen LogP contribution in [0.25, 0.3) is 0 Å². The minimum absolute atomic E-state index is 0.0553. The quantitative estimate of drug-likeness (QED) is 0.882. The molecule has 1 aliphatic heterocycles. The Morgan fingerprint density at radius 1 is 1.28 bits per heavy atom. The van der Waals surface area contributed by atoms with Gasteiger partial charge < -0.3 is 16.0 Å². The molecule has 1 aromatic rings. The predicted octanol–water partition coefficient (Wildman–Crippen LogP) is 2.71. The van der Waals surface area contributed by atoms with E-state index >= 15 is 0 Å². The van der Waals surface area contributed by atoms with Crippen LogP contribution in [0.1, 0.15) is 49.7 Å². The van der Waals surface area contributed by atoms with Crippen LogP contribution < -0.4 is 11.1 Å². The highest BCUT2D eigenvalue weighted by molar-refractivity contribution is 5.80. The van der Waals surface area contributed by atoms with Crippen LogP contribution in [-0.2, 0) is 10.2 Å². The van der Waals surface area contributed by atoms with E-state index in [0.717, 1.165) is 25.7 Å². The van der Waals surface area contributed by atoms with Crippen LogP contribution in [0.2, 0.25) is 0 Å². The molecule has 1 aliphatic carbocycles. The maximum atomic E-state index is 12.7. The fourth-order valence-electron chi connectivity index (χ4n) is 4.39. The molecule has 3 rings (SSSR count). The Morgan fingerprint density at radius 2 is 2.04 bits per heavy atom. The van der Waals surface area contributed by atoms with Crippen molar-refractivity contribution in [3.63, 3.8) is 0 Å². The molecule has 1 unspecified atom stereocenters. The smallest absolute Gasteiger partial charge is 0.314 e. The van der Waals surface area contributed by atoms with Crippen LogP contribution >= 0.6 is 0 Å². The Morgan fingerprint density at radius 3 is 2.72 bits per heavy atom. The zero-order chi connectivity index (χ0) is 17.9. The highest BCUT2D eigenvalue weighted by atomic mass is 16.2.